The van der Waals surface area contributed by atoms with Gasteiger partial charge in [0.15, 0.2) is 0 Å². The number of hydrogen-bond acceptors (Lipinski definition) is 6. The molecule has 2 aliphatic rings. The number of alkyl halides is 3. The SMILES string of the molecule is COC(=O)C[C@H](C(=O)N1CCc2c1ccc(OCc1ccc(C3CC3)c(C(F)(F)F)c1)c2C)N(C)C(=O)OC(C)(C)C. The Kier molecular flexibility index (Phi) is 8.80. The van der Waals surface area contributed by atoms with E-state index in [1.165, 1.54) is 25.1 Å². The van der Waals surface area contributed by atoms with Crippen LogP contribution in [0.15, 0.2) is 30.3 Å². The van der Waals surface area contributed by atoms with Crippen LogP contribution in [-0.2, 0) is 38.3 Å². The van der Waals surface area contributed by atoms with Crippen molar-refractivity contribution in [1.82, 2.24) is 4.90 Å². The van der Waals surface area contributed by atoms with Crippen LogP contribution in [0, 0.1) is 6.92 Å². The topological polar surface area (TPSA) is 85.4 Å². The van der Waals surface area contributed by atoms with E-state index in [-0.39, 0.29) is 18.9 Å². The van der Waals surface area contributed by atoms with Crippen LogP contribution in [0.25, 0.3) is 0 Å². The fourth-order valence-electron chi connectivity index (χ4n) is 5.14. The number of nitrogens with zero attached hydrogens (tertiary/aromatic N) is 2. The van der Waals surface area contributed by atoms with Crippen LogP contribution >= 0.6 is 0 Å². The second kappa shape index (κ2) is 11.9. The maximum absolute atomic E-state index is 13.7. The van der Waals surface area contributed by atoms with Crippen molar-refractivity contribution < 1.29 is 41.8 Å². The quantitative estimate of drug-likeness (QED) is 0.343. The van der Waals surface area contributed by atoms with E-state index in [9.17, 15) is 27.6 Å². The molecular weight excluding hydrogens is 553 g/mol. The van der Waals surface area contributed by atoms with E-state index >= 15 is 0 Å². The second-order valence-corrected chi connectivity index (χ2v) is 11.8. The maximum Gasteiger partial charge on any atom is 0.416 e. The number of likely N-dealkylation sites (N-methyl/N-ethyl adjacent to an activating group) is 1. The molecule has 228 valence electrons. The van der Waals surface area contributed by atoms with Crippen LogP contribution < -0.4 is 9.64 Å². The van der Waals surface area contributed by atoms with Gasteiger partial charge < -0.3 is 19.1 Å². The number of esters is 1. The third kappa shape index (κ3) is 6.99. The van der Waals surface area contributed by atoms with Gasteiger partial charge in [-0.2, -0.15) is 13.2 Å². The number of anilines is 1. The van der Waals surface area contributed by atoms with Crippen LogP contribution in [0.2, 0.25) is 0 Å². The summed E-state index contributed by atoms with van der Waals surface area (Å²) in [6.07, 6.45) is -3.49. The van der Waals surface area contributed by atoms with Crippen LogP contribution in [0.3, 0.4) is 0 Å². The van der Waals surface area contributed by atoms with Gasteiger partial charge in [0.2, 0.25) is 0 Å². The number of fused-ring (bicyclic) bond motifs is 1. The number of benzene rings is 2. The summed E-state index contributed by atoms with van der Waals surface area (Å²) in [6.45, 7) is 7.21. The van der Waals surface area contributed by atoms with Crippen LogP contribution in [-0.4, -0.2) is 55.2 Å². The Hall–Kier alpha value is -3.76. The van der Waals surface area contributed by atoms with E-state index in [4.69, 9.17) is 14.2 Å². The van der Waals surface area contributed by atoms with Gasteiger partial charge in [-0.3, -0.25) is 14.5 Å². The van der Waals surface area contributed by atoms with Crippen molar-refractivity contribution in [2.45, 2.75) is 83.7 Å². The summed E-state index contributed by atoms with van der Waals surface area (Å²) >= 11 is 0. The van der Waals surface area contributed by atoms with Crippen molar-refractivity contribution in [3.8, 4) is 5.75 Å². The van der Waals surface area contributed by atoms with Gasteiger partial charge in [0.05, 0.1) is 19.1 Å². The smallest absolute Gasteiger partial charge is 0.416 e. The van der Waals surface area contributed by atoms with E-state index in [1.54, 1.807) is 45.0 Å². The first-order valence-electron chi connectivity index (χ1n) is 13.9. The molecule has 0 radical (unpaired) electrons. The molecule has 1 aliphatic heterocycles. The number of halogens is 3. The largest absolute Gasteiger partial charge is 0.489 e. The molecule has 1 saturated carbocycles. The molecule has 0 spiro atoms. The van der Waals surface area contributed by atoms with Crippen molar-refractivity contribution in [2.24, 2.45) is 0 Å². The van der Waals surface area contributed by atoms with E-state index < -0.39 is 41.4 Å². The summed E-state index contributed by atoms with van der Waals surface area (Å²) in [5, 5.41) is 0. The zero-order chi connectivity index (χ0) is 31.0. The van der Waals surface area contributed by atoms with Gasteiger partial charge in [0.25, 0.3) is 5.91 Å². The van der Waals surface area contributed by atoms with Gasteiger partial charge >= 0.3 is 18.2 Å². The average Bonchev–Trinajstić information content (AvgIpc) is 3.67. The molecule has 1 heterocycles. The number of hydrogen-bond donors (Lipinski definition) is 0. The lowest BCUT2D eigenvalue weighted by Crippen LogP contribution is -2.51. The lowest BCUT2D eigenvalue weighted by Gasteiger charge is -2.32. The van der Waals surface area contributed by atoms with E-state index in [0.29, 0.717) is 35.5 Å². The Balaban J connectivity index is 1.52. The van der Waals surface area contributed by atoms with Crippen molar-refractivity contribution in [2.75, 3.05) is 25.6 Å². The molecule has 42 heavy (non-hydrogen) atoms. The van der Waals surface area contributed by atoms with E-state index in [1.807, 2.05) is 6.92 Å². The molecule has 8 nitrogen and oxygen atoms in total. The highest BCUT2D eigenvalue weighted by molar-refractivity contribution is 6.02. The number of carbonyl (C=O) groups excluding carboxylic acids is 3. The van der Waals surface area contributed by atoms with E-state index in [0.717, 1.165) is 28.9 Å². The van der Waals surface area contributed by atoms with Crippen molar-refractivity contribution in [3.05, 3.63) is 58.1 Å². The van der Waals surface area contributed by atoms with Gasteiger partial charge in [-0.05, 0) is 93.3 Å². The molecule has 11 heteroatoms. The number of methoxy groups -OCH3 is 1. The lowest BCUT2D eigenvalue weighted by molar-refractivity contribution is -0.144. The minimum atomic E-state index is -4.43. The monoisotopic (exact) mass is 590 g/mol. The Morgan fingerprint density at radius 2 is 1.79 bits per heavy atom. The summed E-state index contributed by atoms with van der Waals surface area (Å²) in [5.74, 6) is -0.643. The molecule has 2 amide bonds. The molecule has 0 N–H and O–H groups in total. The summed E-state index contributed by atoms with van der Waals surface area (Å²) in [7, 11) is 2.61. The third-order valence-electron chi connectivity index (χ3n) is 7.52. The molecule has 0 bridgehead atoms. The van der Waals surface area contributed by atoms with Gasteiger partial charge in [-0.25, -0.2) is 4.79 Å². The zero-order valence-corrected chi connectivity index (χ0v) is 24.8. The number of ether oxygens (including phenoxy) is 3. The molecule has 1 atom stereocenters. The fourth-order valence-corrected chi connectivity index (χ4v) is 5.14. The minimum Gasteiger partial charge on any atom is -0.489 e. The fraction of sp³-hybridized carbons (Fsp3) is 0.516. The summed E-state index contributed by atoms with van der Waals surface area (Å²) in [5.41, 5.74) is 1.57. The average molecular weight is 591 g/mol. The molecule has 1 fully saturated rings. The molecule has 2 aromatic rings. The molecule has 0 unspecified atom stereocenters. The Morgan fingerprint density at radius 3 is 2.38 bits per heavy atom. The predicted molar refractivity (Wildman–Crippen MR) is 149 cm³/mol. The first-order chi connectivity index (χ1) is 19.6. The Morgan fingerprint density at radius 1 is 1.10 bits per heavy atom. The Labute approximate surface area is 243 Å². The highest BCUT2D eigenvalue weighted by Crippen LogP contribution is 2.46. The van der Waals surface area contributed by atoms with Gasteiger partial charge in [0, 0.05) is 19.3 Å². The number of rotatable bonds is 8. The maximum atomic E-state index is 13.7. The van der Waals surface area contributed by atoms with Crippen molar-refractivity contribution in [3.63, 3.8) is 0 Å². The summed E-state index contributed by atoms with van der Waals surface area (Å²) in [4.78, 5) is 41.3. The second-order valence-electron chi connectivity index (χ2n) is 11.8. The molecular formula is C31H37F3N2O6. The minimum absolute atomic E-state index is 0.0302. The van der Waals surface area contributed by atoms with Gasteiger partial charge in [0.1, 0.15) is 24.0 Å². The van der Waals surface area contributed by atoms with Gasteiger partial charge in [-0.15, -0.1) is 0 Å². The Bertz CT molecular complexity index is 1360. The van der Waals surface area contributed by atoms with Crippen molar-refractivity contribution in [1.29, 1.82) is 0 Å². The summed E-state index contributed by atoms with van der Waals surface area (Å²) < 4.78 is 57.2. The lowest BCUT2D eigenvalue weighted by atomic mass is 10.00. The highest BCUT2D eigenvalue weighted by Gasteiger charge is 2.39. The van der Waals surface area contributed by atoms with Crippen LogP contribution in [0.1, 0.15) is 73.8 Å². The van der Waals surface area contributed by atoms with Gasteiger partial charge in [-0.1, -0.05) is 12.1 Å². The number of amides is 2. The summed E-state index contributed by atoms with van der Waals surface area (Å²) in [6, 6.07) is 6.62. The predicted octanol–water partition coefficient (Wildman–Crippen LogP) is 6.16. The van der Waals surface area contributed by atoms with Crippen molar-refractivity contribution >= 4 is 23.7 Å². The molecule has 1 aliphatic carbocycles. The standard InChI is InChI=1S/C31H37F3N2O6/c1-18-21-13-14-36(28(38)25(16-27(37)40-6)35(5)29(39)42-30(2,3)4)24(21)11-12-26(18)41-17-19-7-10-22(20-8-9-20)23(15-19)31(32,33)34/h7,10-12,15,20,25H,8-9,13-14,16-17H2,1-6H3/t25-/m1/s1. The molecule has 0 aromatic heterocycles. The highest BCUT2D eigenvalue weighted by atomic mass is 19.4. The van der Waals surface area contributed by atoms with E-state index in [2.05, 4.69) is 0 Å². The molecule has 0 saturated heterocycles. The molecule has 2 aromatic carbocycles. The normalized spacial score (nSPS) is 15.6. The zero-order valence-electron chi connectivity index (χ0n) is 24.8. The van der Waals surface area contributed by atoms with Crippen LogP contribution in [0.4, 0.5) is 23.7 Å². The molecule has 4 rings (SSSR count). The number of carbonyl (C=O) groups is 3. The first-order valence-corrected chi connectivity index (χ1v) is 13.9. The first kappa shape index (κ1) is 31.2. The third-order valence-corrected chi connectivity index (χ3v) is 7.52. The van der Waals surface area contributed by atoms with Crippen LogP contribution in [0.5, 0.6) is 5.75 Å².